The zero-order chi connectivity index (χ0) is 13.1. The maximum atomic E-state index is 11.9. The number of aliphatic carboxylic acids is 1. The van der Waals surface area contributed by atoms with Crippen LogP contribution in [-0.2, 0) is 4.79 Å². The Morgan fingerprint density at radius 1 is 1.41 bits per heavy atom. The van der Waals surface area contributed by atoms with Crippen molar-refractivity contribution in [3.63, 3.8) is 0 Å². The number of alkyl halides is 3. The normalized spacial score (nSPS) is 11.7. The Hall–Kier alpha value is -2.18. The topological polar surface area (TPSA) is 72.5 Å². The number of anilines is 1. The monoisotopic (exact) mass is 247 g/mol. The molecule has 92 valence electrons. The van der Waals surface area contributed by atoms with Gasteiger partial charge in [0.1, 0.15) is 5.75 Å². The van der Waals surface area contributed by atoms with E-state index in [-0.39, 0.29) is 11.3 Å². The van der Waals surface area contributed by atoms with E-state index in [1.165, 1.54) is 6.07 Å². The molecule has 0 saturated heterocycles. The van der Waals surface area contributed by atoms with Gasteiger partial charge < -0.3 is 15.6 Å². The number of carbonyl (C=O) groups is 1. The molecule has 0 spiro atoms. The number of nitrogen functional groups attached to an aromatic ring is 1. The molecule has 0 fully saturated rings. The fraction of sp³-hybridized carbons (Fsp3) is 0.100. The van der Waals surface area contributed by atoms with Crippen LogP contribution in [0.25, 0.3) is 6.08 Å². The van der Waals surface area contributed by atoms with E-state index in [4.69, 9.17) is 10.8 Å². The van der Waals surface area contributed by atoms with Crippen molar-refractivity contribution in [1.29, 1.82) is 0 Å². The summed E-state index contributed by atoms with van der Waals surface area (Å²) in [6.45, 7) is 0. The van der Waals surface area contributed by atoms with Gasteiger partial charge in [0.2, 0.25) is 0 Å². The molecule has 0 unspecified atom stereocenters. The summed E-state index contributed by atoms with van der Waals surface area (Å²) in [5.74, 6) is -1.69. The molecule has 1 rings (SSSR count). The number of hydrogen-bond acceptors (Lipinski definition) is 3. The molecule has 0 heterocycles. The van der Waals surface area contributed by atoms with E-state index >= 15 is 0 Å². The SMILES string of the molecule is Nc1ccc(OC(F)(F)F)cc1/C=C/C(=O)O. The molecule has 17 heavy (non-hydrogen) atoms. The summed E-state index contributed by atoms with van der Waals surface area (Å²) in [4.78, 5) is 10.3. The Kier molecular flexibility index (Phi) is 3.62. The predicted octanol–water partition coefficient (Wildman–Crippen LogP) is 2.27. The number of carboxylic acid groups (broad SMARTS) is 1. The van der Waals surface area contributed by atoms with Crippen molar-refractivity contribution < 1.29 is 27.8 Å². The number of rotatable bonds is 3. The van der Waals surface area contributed by atoms with Gasteiger partial charge in [-0.2, -0.15) is 0 Å². The lowest BCUT2D eigenvalue weighted by atomic mass is 10.1. The number of halogens is 3. The molecule has 3 N–H and O–H groups in total. The largest absolute Gasteiger partial charge is 0.573 e. The molecular formula is C10H8F3NO3. The van der Waals surface area contributed by atoms with Crippen LogP contribution >= 0.6 is 0 Å². The second-order valence-corrected chi connectivity index (χ2v) is 3.01. The van der Waals surface area contributed by atoms with Crippen molar-refractivity contribution in [1.82, 2.24) is 0 Å². The molecule has 1 aromatic carbocycles. The van der Waals surface area contributed by atoms with Gasteiger partial charge in [-0.1, -0.05) is 0 Å². The molecule has 0 aromatic heterocycles. The molecule has 0 amide bonds. The van der Waals surface area contributed by atoms with Gasteiger partial charge >= 0.3 is 12.3 Å². The molecule has 0 saturated carbocycles. The van der Waals surface area contributed by atoms with Gasteiger partial charge in [0.05, 0.1) is 0 Å². The van der Waals surface area contributed by atoms with Crippen LogP contribution in [0.3, 0.4) is 0 Å². The van der Waals surface area contributed by atoms with Crippen LogP contribution in [0.1, 0.15) is 5.56 Å². The molecule has 7 heteroatoms. The quantitative estimate of drug-likeness (QED) is 0.634. The Morgan fingerprint density at radius 2 is 2.06 bits per heavy atom. The van der Waals surface area contributed by atoms with E-state index in [0.717, 1.165) is 24.3 Å². The maximum Gasteiger partial charge on any atom is 0.573 e. The number of hydrogen-bond donors (Lipinski definition) is 2. The average molecular weight is 247 g/mol. The lowest BCUT2D eigenvalue weighted by Gasteiger charge is -2.10. The Bertz CT molecular complexity index is 455. The highest BCUT2D eigenvalue weighted by Crippen LogP contribution is 2.26. The van der Waals surface area contributed by atoms with Crippen molar-refractivity contribution in [3.05, 3.63) is 29.8 Å². The molecule has 4 nitrogen and oxygen atoms in total. The van der Waals surface area contributed by atoms with E-state index in [9.17, 15) is 18.0 Å². The smallest absolute Gasteiger partial charge is 0.478 e. The Balaban J connectivity index is 2.98. The highest BCUT2D eigenvalue weighted by Gasteiger charge is 2.31. The van der Waals surface area contributed by atoms with Crippen molar-refractivity contribution in [2.24, 2.45) is 0 Å². The lowest BCUT2D eigenvalue weighted by Crippen LogP contribution is -2.17. The fourth-order valence-corrected chi connectivity index (χ4v) is 1.06. The summed E-state index contributed by atoms with van der Waals surface area (Å²) < 4.78 is 39.4. The second kappa shape index (κ2) is 4.77. The first kappa shape index (κ1) is 12.9. The fourth-order valence-electron chi connectivity index (χ4n) is 1.06. The summed E-state index contributed by atoms with van der Waals surface area (Å²) in [7, 11) is 0. The molecule has 0 aliphatic rings. The molecule has 0 radical (unpaired) electrons. The summed E-state index contributed by atoms with van der Waals surface area (Å²) >= 11 is 0. The predicted molar refractivity (Wildman–Crippen MR) is 54.2 cm³/mol. The summed E-state index contributed by atoms with van der Waals surface area (Å²) in [5, 5.41) is 8.38. The zero-order valence-electron chi connectivity index (χ0n) is 8.36. The van der Waals surface area contributed by atoms with Crippen LogP contribution in [0.2, 0.25) is 0 Å². The van der Waals surface area contributed by atoms with E-state index in [2.05, 4.69) is 4.74 Å². The van der Waals surface area contributed by atoms with Gasteiger partial charge in [0.25, 0.3) is 0 Å². The number of carboxylic acids is 1. The van der Waals surface area contributed by atoms with Crippen molar-refractivity contribution in [3.8, 4) is 5.75 Å². The van der Waals surface area contributed by atoms with Crippen LogP contribution in [-0.4, -0.2) is 17.4 Å². The van der Waals surface area contributed by atoms with Crippen LogP contribution in [0.4, 0.5) is 18.9 Å². The first-order valence-corrected chi connectivity index (χ1v) is 4.34. The van der Waals surface area contributed by atoms with Crippen molar-refractivity contribution in [2.45, 2.75) is 6.36 Å². The second-order valence-electron chi connectivity index (χ2n) is 3.01. The van der Waals surface area contributed by atoms with E-state index in [1.807, 2.05) is 0 Å². The van der Waals surface area contributed by atoms with Crippen LogP contribution in [0, 0.1) is 0 Å². The Morgan fingerprint density at radius 3 is 2.59 bits per heavy atom. The van der Waals surface area contributed by atoms with Gasteiger partial charge in [0.15, 0.2) is 0 Å². The summed E-state index contributed by atoms with van der Waals surface area (Å²) in [6.07, 6.45) is -2.95. The summed E-state index contributed by atoms with van der Waals surface area (Å²) in [5.41, 5.74) is 5.74. The summed E-state index contributed by atoms with van der Waals surface area (Å²) in [6, 6.07) is 3.24. The van der Waals surface area contributed by atoms with E-state index in [1.54, 1.807) is 0 Å². The van der Waals surface area contributed by atoms with Gasteiger partial charge in [-0.05, 0) is 24.3 Å². The van der Waals surface area contributed by atoms with Gasteiger partial charge in [-0.3, -0.25) is 0 Å². The highest BCUT2D eigenvalue weighted by molar-refractivity contribution is 5.86. The first-order valence-electron chi connectivity index (χ1n) is 4.34. The molecule has 0 aliphatic carbocycles. The number of ether oxygens (including phenoxy) is 1. The highest BCUT2D eigenvalue weighted by atomic mass is 19.4. The standard InChI is InChI=1S/C10H8F3NO3/c11-10(12,13)17-7-2-3-8(14)6(5-7)1-4-9(15)16/h1-5H,14H2,(H,15,16)/b4-1+. The van der Waals surface area contributed by atoms with Crippen LogP contribution in [0.15, 0.2) is 24.3 Å². The average Bonchev–Trinajstić information content (AvgIpc) is 2.16. The first-order chi connectivity index (χ1) is 7.78. The molecule has 0 aliphatic heterocycles. The minimum Gasteiger partial charge on any atom is -0.478 e. The van der Waals surface area contributed by atoms with Gasteiger partial charge in [-0.25, -0.2) is 4.79 Å². The van der Waals surface area contributed by atoms with E-state index in [0.29, 0.717) is 0 Å². The van der Waals surface area contributed by atoms with Gasteiger partial charge in [0, 0.05) is 17.3 Å². The maximum absolute atomic E-state index is 11.9. The third-order valence-electron chi connectivity index (χ3n) is 1.70. The molecule has 0 bridgehead atoms. The van der Waals surface area contributed by atoms with Crippen LogP contribution in [0.5, 0.6) is 5.75 Å². The lowest BCUT2D eigenvalue weighted by molar-refractivity contribution is -0.274. The minimum absolute atomic E-state index is 0.133. The van der Waals surface area contributed by atoms with Crippen LogP contribution < -0.4 is 10.5 Å². The van der Waals surface area contributed by atoms with Gasteiger partial charge in [-0.15, -0.1) is 13.2 Å². The van der Waals surface area contributed by atoms with E-state index < -0.39 is 18.1 Å². The number of nitrogens with two attached hydrogens (primary N) is 1. The number of benzene rings is 1. The molecule has 1 aromatic rings. The third-order valence-corrected chi connectivity index (χ3v) is 1.70. The van der Waals surface area contributed by atoms with Crippen molar-refractivity contribution in [2.75, 3.05) is 5.73 Å². The van der Waals surface area contributed by atoms with Crippen molar-refractivity contribution >= 4 is 17.7 Å². The zero-order valence-corrected chi connectivity index (χ0v) is 8.36. The molecular weight excluding hydrogens is 239 g/mol. The molecule has 0 atom stereocenters. The minimum atomic E-state index is -4.80. The Labute approximate surface area is 94.1 Å². The third kappa shape index (κ3) is 4.45.